The van der Waals surface area contributed by atoms with Crippen molar-refractivity contribution >= 4 is 43.3 Å². The van der Waals surface area contributed by atoms with E-state index in [1.807, 2.05) is 17.6 Å². The van der Waals surface area contributed by atoms with Crippen molar-refractivity contribution in [3.05, 3.63) is 64.5 Å². The average molecular weight is 505 g/mol. The van der Waals surface area contributed by atoms with Crippen molar-refractivity contribution in [1.29, 1.82) is 0 Å². The molecule has 0 unspecified atom stereocenters. The van der Waals surface area contributed by atoms with Gasteiger partial charge >= 0.3 is 5.97 Å². The first-order chi connectivity index (χ1) is 16.3. The second kappa shape index (κ2) is 12.0. The minimum Gasteiger partial charge on any atom is -0.465 e. The third-order valence-electron chi connectivity index (χ3n) is 5.06. The highest BCUT2D eigenvalue weighted by Crippen LogP contribution is 2.20. The summed E-state index contributed by atoms with van der Waals surface area (Å²) in [5.41, 5.74) is 1.97. The zero-order valence-electron chi connectivity index (χ0n) is 19.2. The summed E-state index contributed by atoms with van der Waals surface area (Å²) in [5, 5.41) is 0. The van der Waals surface area contributed by atoms with E-state index in [1.54, 1.807) is 42.5 Å². The standard InChI is InChI=1S/C24H28N2O6S2/c1-3-32-14-13-26-20-12-11-19(23(28)31-2)16-21(20)33-24(26)25-22(27)10-7-15-34(29,30)17-18-8-5-4-6-9-18/h4-6,8-9,11-12,16H,3,7,10,13-15,17H2,1-2H3. The Bertz CT molecular complexity index is 1310. The Labute approximate surface area is 202 Å². The van der Waals surface area contributed by atoms with Crippen molar-refractivity contribution in [3.63, 3.8) is 0 Å². The van der Waals surface area contributed by atoms with Crippen LogP contribution in [0.15, 0.2) is 53.5 Å². The van der Waals surface area contributed by atoms with Crippen LogP contribution in [-0.4, -0.2) is 50.9 Å². The first-order valence-corrected chi connectivity index (χ1v) is 13.6. The number of carbonyl (C=O) groups is 2. The predicted molar refractivity (Wildman–Crippen MR) is 131 cm³/mol. The van der Waals surface area contributed by atoms with Gasteiger partial charge in [-0.05, 0) is 37.1 Å². The van der Waals surface area contributed by atoms with Crippen LogP contribution in [0.5, 0.6) is 0 Å². The molecule has 3 rings (SSSR count). The fourth-order valence-electron chi connectivity index (χ4n) is 3.43. The van der Waals surface area contributed by atoms with Gasteiger partial charge < -0.3 is 14.0 Å². The minimum absolute atomic E-state index is 0.0289. The quantitative estimate of drug-likeness (QED) is 0.293. The maximum atomic E-state index is 12.6. The normalized spacial score (nSPS) is 12.2. The summed E-state index contributed by atoms with van der Waals surface area (Å²) in [5.74, 6) is -0.958. The van der Waals surface area contributed by atoms with Gasteiger partial charge in [0.05, 0.1) is 41.0 Å². The number of methoxy groups -OCH3 is 1. The zero-order chi connectivity index (χ0) is 24.6. The highest BCUT2D eigenvalue weighted by atomic mass is 32.2. The number of fused-ring (bicyclic) bond motifs is 1. The zero-order valence-corrected chi connectivity index (χ0v) is 20.9. The van der Waals surface area contributed by atoms with E-state index >= 15 is 0 Å². The first kappa shape index (κ1) is 25.8. The van der Waals surface area contributed by atoms with E-state index in [1.165, 1.54) is 18.4 Å². The van der Waals surface area contributed by atoms with Gasteiger partial charge in [-0.3, -0.25) is 4.79 Å². The number of rotatable bonds is 11. The molecule has 0 bridgehead atoms. The Morgan fingerprint density at radius 3 is 2.59 bits per heavy atom. The van der Waals surface area contributed by atoms with E-state index in [4.69, 9.17) is 9.47 Å². The van der Waals surface area contributed by atoms with Crippen molar-refractivity contribution in [3.8, 4) is 0 Å². The van der Waals surface area contributed by atoms with Crippen LogP contribution in [0.25, 0.3) is 10.2 Å². The molecule has 0 aliphatic carbocycles. The van der Waals surface area contributed by atoms with Gasteiger partial charge in [0.1, 0.15) is 0 Å². The summed E-state index contributed by atoms with van der Waals surface area (Å²) in [7, 11) is -2.00. The smallest absolute Gasteiger partial charge is 0.337 e. The maximum Gasteiger partial charge on any atom is 0.337 e. The second-order valence-electron chi connectivity index (χ2n) is 7.59. The van der Waals surface area contributed by atoms with Crippen LogP contribution in [0.2, 0.25) is 0 Å². The summed E-state index contributed by atoms with van der Waals surface area (Å²) in [4.78, 5) is 29.2. The van der Waals surface area contributed by atoms with Crippen molar-refractivity contribution in [2.75, 3.05) is 26.1 Å². The van der Waals surface area contributed by atoms with E-state index < -0.39 is 15.8 Å². The fourth-order valence-corrected chi connectivity index (χ4v) is 5.97. The van der Waals surface area contributed by atoms with Crippen molar-refractivity contribution in [2.45, 2.75) is 32.1 Å². The average Bonchev–Trinajstić information content (AvgIpc) is 3.15. The molecule has 0 N–H and O–H groups in total. The molecule has 0 aliphatic heterocycles. The third kappa shape index (κ3) is 7.09. The molecule has 1 amide bonds. The molecule has 0 fully saturated rings. The molecule has 0 atom stereocenters. The van der Waals surface area contributed by atoms with Crippen LogP contribution in [0.3, 0.4) is 0 Å². The number of ether oxygens (including phenoxy) is 2. The van der Waals surface area contributed by atoms with E-state index in [0.717, 1.165) is 15.8 Å². The number of esters is 1. The molecule has 0 saturated carbocycles. The van der Waals surface area contributed by atoms with Crippen LogP contribution in [0, 0.1) is 0 Å². The number of amides is 1. The SMILES string of the molecule is CCOCCn1c(=NC(=O)CCCS(=O)(=O)Cc2ccccc2)sc2cc(C(=O)OC)ccc21. The topological polar surface area (TPSA) is 104 Å². The molecule has 1 heterocycles. The lowest BCUT2D eigenvalue weighted by Crippen LogP contribution is -2.20. The molecule has 8 nitrogen and oxygen atoms in total. The number of sulfone groups is 1. The molecule has 0 saturated heterocycles. The number of carbonyl (C=O) groups excluding carboxylic acids is 2. The van der Waals surface area contributed by atoms with E-state index in [9.17, 15) is 18.0 Å². The lowest BCUT2D eigenvalue weighted by molar-refractivity contribution is -0.118. The van der Waals surface area contributed by atoms with Gasteiger partial charge in [-0.25, -0.2) is 13.2 Å². The van der Waals surface area contributed by atoms with Gasteiger partial charge in [-0.1, -0.05) is 41.7 Å². The third-order valence-corrected chi connectivity index (χ3v) is 7.79. The molecule has 10 heteroatoms. The number of thiazole rings is 1. The molecule has 0 radical (unpaired) electrons. The lowest BCUT2D eigenvalue weighted by atomic mass is 10.2. The fraction of sp³-hybridized carbons (Fsp3) is 0.375. The first-order valence-electron chi connectivity index (χ1n) is 10.9. The van der Waals surface area contributed by atoms with Gasteiger partial charge in [-0.2, -0.15) is 4.99 Å². The highest BCUT2D eigenvalue weighted by Gasteiger charge is 2.14. The van der Waals surface area contributed by atoms with Crippen molar-refractivity contribution in [1.82, 2.24) is 4.57 Å². The van der Waals surface area contributed by atoms with E-state index in [2.05, 4.69) is 4.99 Å². The van der Waals surface area contributed by atoms with Crippen LogP contribution >= 0.6 is 11.3 Å². The summed E-state index contributed by atoms with van der Waals surface area (Å²) < 4.78 is 37.7. The molecule has 2 aromatic carbocycles. The van der Waals surface area contributed by atoms with Crippen LogP contribution in [0.4, 0.5) is 0 Å². The Balaban J connectivity index is 1.75. The largest absolute Gasteiger partial charge is 0.465 e. The molecule has 1 aromatic heterocycles. The second-order valence-corrected chi connectivity index (χ2v) is 10.8. The van der Waals surface area contributed by atoms with E-state index in [-0.39, 0.29) is 30.3 Å². The van der Waals surface area contributed by atoms with Gasteiger partial charge in [0.2, 0.25) is 5.91 Å². The molecule has 34 heavy (non-hydrogen) atoms. The van der Waals surface area contributed by atoms with Gasteiger partial charge in [0.15, 0.2) is 14.6 Å². The van der Waals surface area contributed by atoms with E-state index in [0.29, 0.717) is 30.1 Å². The summed E-state index contributed by atoms with van der Waals surface area (Å²) in [6.45, 7) is 3.40. The molecule has 182 valence electrons. The van der Waals surface area contributed by atoms with Crippen LogP contribution < -0.4 is 4.80 Å². The van der Waals surface area contributed by atoms with Crippen molar-refractivity contribution in [2.24, 2.45) is 4.99 Å². The number of nitrogens with zero attached hydrogens (tertiary/aromatic N) is 2. The van der Waals surface area contributed by atoms with Gasteiger partial charge in [0, 0.05) is 19.6 Å². The Morgan fingerprint density at radius 2 is 1.88 bits per heavy atom. The van der Waals surface area contributed by atoms with Gasteiger partial charge in [0.25, 0.3) is 0 Å². The number of hydrogen-bond donors (Lipinski definition) is 0. The summed E-state index contributed by atoms with van der Waals surface area (Å²) in [6, 6.07) is 14.1. The lowest BCUT2D eigenvalue weighted by Gasteiger charge is -2.06. The summed E-state index contributed by atoms with van der Waals surface area (Å²) >= 11 is 1.29. The molecule has 0 aliphatic rings. The number of hydrogen-bond acceptors (Lipinski definition) is 7. The minimum atomic E-state index is -3.32. The Hall–Kier alpha value is -2.82. The highest BCUT2D eigenvalue weighted by molar-refractivity contribution is 7.90. The predicted octanol–water partition coefficient (Wildman–Crippen LogP) is 3.35. The number of benzene rings is 2. The maximum absolute atomic E-state index is 12.6. The molecule has 0 spiro atoms. The molecular formula is C24H28N2O6S2. The Kier molecular flexibility index (Phi) is 9.14. The summed E-state index contributed by atoms with van der Waals surface area (Å²) in [6.07, 6.45) is 0.231. The van der Waals surface area contributed by atoms with Crippen LogP contribution in [-0.2, 0) is 36.4 Å². The van der Waals surface area contributed by atoms with Gasteiger partial charge in [-0.15, -0.1) is 0 Å². The van der Waals surface area contributed by atoms with Crippen molar-refractivity contribution < 1.29 is 27.5 Å². The monoisotopic (exact) mass is 504 g/mol. The number of aromatic nitrogens is 1. The Morgan fingerprint density at radius 1 is 1.12 bits per heavy atom. The molecular weight excluding hydrogens is 476 g/mol. The molecule has 3 aromatic rings. The van der Waals surface area contributed by atoms with Crippen LogP contribution in [0.1, 0.15) is 35.7 Å².